The third kappa shape index (κ3) is 6.89. The average Bonchev–Trinajstić information content (AvgIpc) is 2.34. The molecule has 2 N–H and O–H groups in total. The maximum absolute atomic E-state index is 8.49. The summed E-state index contributed by atoms with van der Waals surface area (Å²) in [6, 6.07) is 9.83. The van der Waals surface area contributed by atoms with Crippen LogP contribution >= 0.6 is 0 Å². The number of nitrogens with zero attached hydrogens (tertiary/aromatic N) is 1. The van der Waals surface area contributed by atoms with E-state index in [1.165, 1.54) is 0 Å². The predicted octanol–water partition coefficient (Wildman–Crippen LogP) is 4.34. The molecule has 1 rings (SSSR count). The number of benzene rings is 1. The van der Waals surface area contributed by atoms with E-state index < -0.39 is 0 Å². The molecule has 0 amide bonds. The Balaban J connectivity index is 0. The summed E-state index contributed by atoms with van der Waals surface area (Å²) in [5.41, 5.74) is 7.51. The molecule has 0 aromatic heterocycles. The Morgan fingerprint density at radius 2 is 1.81 bits per heavy atom. The highest BCUT2D eigenvalue weighted by molar-refractivity contribution is 5.41. The lowest BCUT2D eigenvalue weighted by atomic mass is 9.98. The molecular weight excluding hydrogens is 196 g/mol. The van der Waals surface area contributed by atoms with Crippen molar-refractivity contribution in [1.82, 2.24) is 0 Å². The lowest BCUT2D eigenvalue weighted by molar-refractivity contribution is 0.789. The second kappa shape index (κ2) is 11.6. The zero-order valence-electron chi connectivity index (χ0n) is 11.1. The van der Waals surface area contributed by atoms with Gasteiger partial charge in [0.25, 0.3) is 0 Å². The normalized spacial score (nSPS) is 9.75. The van der Waals surface area contributed by atoms with Crippen LogP contribution in [0.5, 0.6) is 0 Å². The summed E-state index contributed by atoms with van der Waals surface area (Å²) in [7, 11) is 0. The number of nitrogen functional groups attached to an aromatic ring is 1. The van der Waals surface area contributed by atoms with E-state index >= 15 is 0 Å². The monoisotopic (exact) mass is 220 g/mol. The molecule has 0 bridgehead atoms. The van der Waals surface area contributed by atoms with Gasteiger partial charge >= 0.3 is 0 Å². The van der Waals surface area contributed by atoms with Gasteiger partial charge in [-0.1, -0.05) is 46.8 Å². The average molecular weight is 220 g/mol. The third-order valence-corrected chi connectivity index (χ3v) is 1.88. The summed E-state index contributed by atoms with van der Waals surface area (Å²) in [5.74, 6) is 0.276. The fraction of sp³-hybridized carbons (Fsp3) is 0.500. The molecule has 0 saturated carbocycles. The van der Waals surface area contributed by atoms with Gasteiger partial charge in [-0.05, 0) is 23.6 Å². The van der Waals surface area contributed by atoms with Crippen molar-refractivity contribution in [1.29, 1.82) is 5.26 Å². The van der Waals surface area contributed by atoms with Crippen LogP contribution in [-0.2, 0) is 0 Å². The molecule has 0 saturated heterocycles. The molecule has 1 aromatic rings. The smallest absolute Gasteiger partial charge is 0.0628 e. The summed E-state index contributed by atoms with van der Waals surface area (Å²) in [6.07, 6.45) is 0.545. The highest BCUT2D eigenvalue weighted by atomic mass is 14.5. The van der Waals surface area contributed by atoms with Gasteiger partial charge in [-0.15, -0.1) is 0 Å². The molecule has 0 radical (unpaired) electrons. The van der Waals surface area contributed by atoms with E-state index in [1.807, 2.05) is 58.9 Å². The van der Waals surface area contributed by atoms with E-state index in [0.717, 1.165) is 11.3 Å². The number of nitriles is 1. The topological polar surface area (TPSA) is 49.8 Å². The molecule has 0 spiro atoms. The van der Waals surface area contributed by atoms with E-state index in [0.29, 0.717) is 6.42 Å². The van der Waals surface area contributed by atoms with E-state index in [9.17, 15) is 0 Å². The van der Waals surface area contributed by atoms with Crippen LogP contribution in [0.2, 0.25) is 0 Å². The van der Waals surface area contributed by atoms with Crippen molar-refractivity contribution >= 4 is 5.69 Å². The van der Waals surface area contributed by atoms with E-state index in [1.54, 1.807) is 0 Å². The Bertz CT molecular complexity index is 300. The second-order valence-corrected chi connectivity index (χ2v) is 2.93. The molecule has 0 aliphatic carbocycles. The first-order chi connectivity index (χ1) is 7.74. The van der Waals surface area contributed by atoms with Crippen LogP contribution in [0.15, 0.2) is 24.3 Å². The maximum atomic E-state index is 8.49. The summed E-state index contributed by atoms with van der Waals surface area (Å²) >= 11 is 0. The Hall–Kier alpha value is -1.49. The fourth-order valence-corrected chi connectivity index (χ4v) is 1.12. The van der Waals surface area contributed by atoms with Crippen LogP contribution in [0.3, 0.4) is 0 Å². The maximum Gasteiger partial charge on any atom is 0.0628 e. The molecule has 2 nitrogen and oxygen atoms in total. The Labute approximate surface area is 100 Å². The van der Waals surface area contributed by atoms with E-state index in [-0.39, 0.29) is 5.92 Å². The summed E-state index contributed by atoms with van der Waals surface area (Å²) in [5, 5.41) is 8.49. The number of hydrogen-bond donors (Lipinski definition) is 1. The van der Waals surface area contributed by atoms with Crippen molar-refractivity contribution in [3.63, 3.8) is 0 Å². The van der Waals surface area contributed by atoms with Crippen molar-refractivity contribution in [2.45, 2.75) is 47.0 Å². The summed E-state index contributed by atoms with van der Waals surface area (Å²) in [6.45, 7) is 10.0. The Morgan fingerprint density at radius 3 is 2.25 bits per heavy atom. The first kappa shape index (κ1) is 16.9. The van der Waals surface area contributed by atoms with Crippen molar-refractivity contribution < 1.29 is 0 Å². The molecule has 90 valence electrons. The van der Waals surface area contributed by atoms with Crippen molar-refractivity contribution in [2.24, 2.45) is 0 Å². The van der Waals surface area contributed by atoms with Gasteiger partial charge in [-0.25, -0.2) is 0 Å². The molecule has 1 atom stereocenters. The first-order valence-corrected chi connectivity index (χ1v) is 5.96. The van der Waals surface area contributed by atoms with E-state index in [4.69, 9.17) is 11.0 Å². The quantitative estimate of drug-likeness (QED) is 0.754. The van der Waals surface area contributed by atoms with Gasteiger partial charge in [0.1, 0.15) is 0 Å². The number of anilines is 1. The SMILES string of the molecule is CC.CC.CC(CC#N)c1cccc(N)c1. The van der Waals surface area contributed by atoms with Crippen LogP contribution in [-0.4, -0.2) is 0 Å². The molecule has 0 fully saturated rings. The van der Waals surface area contributed by atoms with Crippen LogP contribution < -0.4 is 5.73 Å². The zero-order chi connectivity index (χ0) is 13.0. The lowest BCUT2D eigenvalue weighted by Crippen LogP contribution is -1.93. The van der Waals surface area contributed by atoms with Crippen LogP contribution in [0, 0.1) is 11.3 Å². The van der Waals surface area contributed by atoms with Crippen LogP contribution in [0.1, 0.15) is 52.5 Å². The molecule has 16 heavy (non-hydrogen) atoms. The minimum absolute atomic E-state index is 0.276. The Kier molecular flexibility index (Phi) is 12.3. The zero-order valence-corrected chi connectivity index (χ0v) is 11.1. The molecular formula is C14H24N2. The fourth-order valence-electron chi connectivity index (χ4n) is 1.12. The standard InChI is InChI=1S/C10H12N2.2C2H6/c1-8(5-6-11)9-3-2-4-10(12)7-9;2*1-2/h2-4,7-8H,5,12H2,1H3;2*1-2H3. The number of rotatable bonds is 2. The minimum Gasteiger partial charge on any atom is -0.399 e. The predicted molar refractivity (Wildman–Crippen MR) is 72.2 cm³/mol. The first-order valence-electron chi connectivity index (χ1n) is 5.96. The van der Waals surface area contributed by atoms with Gasteiger partial charge < -0.3 is 5.73 Å². The van der Waals surface area contributed by atoms with Crippen molar-refractivity contribution in [3.05, 3.63) is 29.8 Å². The van der Waals surface area contributed by atoms with E-state index in [2.05, 4.69) is 6.07 Å². The van der Waals surface area contributed by atoms with Gasteiger partial charge in [0.05, 0.1) is 6.07 Å². The molecule has 0 aliphatic heterocycles. The second-order valence-electron chi connectivity index (χ2n) is 2.93. The number of hydrogen-bond acceptors (Lipinski definition) is 2. The highest BCUT2D eigenvalue weighted by Gasteiger charge is 2.03. The largest absolute Gasteiger partial charge is 0.399 e. The van der Waals surface area contributed by atoms with Gasteiger partial charge in [0.15, 0.2) is 0 Å². The Morgan fingerprint density at radius 1 is 1.25 bits per heavy atom. The molecule has 0 aliphatic rings. The molecule has 1 aromatic carbocycles. The molecule has 0 heterocycles. The van der Waals surface area contributed by atoms with Gasteiger partial charge in [0.2, 0.25) is 0 Å². The minimum atomic E-state index is 0.276. The molecule has 2 heteroatoms. The lowest BCUT2D eigenvalue weighted by Gasteiger charge is -2.07. The van der Waals surface area contributed by atoms with Gasteiger partial charge in [-0.3, -0.25) is 0 Å². The summed E-state index contributed by atoms with van der Waals surface area (Å²) < 4.78 is 0. The number of nitrogens with two attached hydrogens (primary N) is 1. The van der Waals surface area contributed by atoms with Crippen molar-refractivity contribution in [2.75, 3.05) is 5.73 Å². The third-order valence-electron chi connectivity index (χ3n) is 1.88. The highest BCUT2D eigenvalue weighted by Crippen LogP contribution is 2.19. The van der Waals surface area contributed by atoms with Crippen molar-refractivity contribution in [3.8, 4) is 6.07 Å². The van der Waals surface area contributed by atoms with Gasteiger partial charge in [0, 0.05) is 12.1 Å². The summed E-state index contributed by atoms with van der Waals surface area (Å²) in [4.78, 5) is 0. The van der Waals surface area contributed by atoms with Crippen LogP contribution in [0.25, 0.3) is 0 Å². The van der Waals surface area contributed by atoms with Crippen LogP contribution in [0.4, 0.5) is 5.69 Å². The van der Waals surface area contributed by atoms with Gasteiger partial charge in [-0.2, -0.15) is 5.26 Å². The molecule has 1 unspecified atom stereocenters.